The molecule has 0 unspecified atom stereocenters. The van der Waals surface area contributed by atoms with E-state index in [4.69, 9.17) is 10.2 Å². The van der Waals surface area contributed by atoms with Gasteiger partial charge < -0.3 is 15.5 Å². The number of furan rings is 1. The third-order valence-electron chi connectivity index (χ3n) is 3.54. The first-order valence-corrected chi connectivity index (χ1v) is 6.84. The Kier molecular flexibility index (Phi) is 2.86. The fourth-order valence-electron chi connectivity index (χ4n) is 2.56. The molecule has 108 valence electrons. The Labute approximate surface area is 126 Å². The fourth-order valence-corrected chi connectivity index (χ4v) is 2.56. The smallest absolute Gasteiger partial charge is 0.221 e. The van der Waals surface area contributed by atoms with Crippen LogP contribution in [0.1, 0.15) is 11.1 Å². The van der Waals surface area contributed by atoms with Crippen LogP contribution in [0.15, 0.2) is 52.4 Å². The van der Waals surface area contributed by atoms with Crippen LogP contribution in [-0.2, 0) is 6.54 Å². The monoisotopic (exact) mass is 291 g/mol. The molecule has 0 radical (unpaired) electrons. The lowest BCUT2D eigenvalue weighted by Gasteiger charge is -2.11. The SMILES string of the molecule is Nc1nccc(Nc2cc3c(c(-c4ccoc4)c2)CN=C3)n1. The molecule has 0 atom stereocenters. The van der Waals surface area contributed by atoms with Gasteiger partial charge >= 0.3 is 0 Å². The van der Waals surface area contributed by atoms with Gasteiger partial charge in [0.05, 0.1) is 19.1 Å². The Bertz CT molecular complexity index is 855. The molecule has 0 fully saturated rings. The molecule has 0 amide bonds. The summed E-state index contributed by atoms with van der Waals surface area (Å²) in [6, 6.07) is 7.83. The lowest BCUT2D eigenvalue weighted by atomic mass is 9.98. The Morgan fingerprint density at radius 2 is 2.18 bits per heavy atom. The van der Waals surface area contributed by atoms with E-state index < -0.39 is 0 Å². The summed E-state index contributed by atoms with van der Waals surface area (Å²) >= 11 is 0. The molecule has 1 aliphatic rings. The Morgan fingerprint density at radius 1 is 1.23 bits per heavy atom. The number of benzene rings is 1. The van der Waals surface area contributed by atoms with E-state index in [1.165, 1.54) is 5.56 Å². The molecule has 1 aliphatic heterocycles. The third-order valence-corrected chi connectivity index (χ3v) is 3.54. The average molecular weight is 291 g/mol. The predicted molar refractivity (Wildman–Crippen MR) is 85.2 cm³/mol. The van der Waals surface area contributed by atoms with Gasteiger partial charge in [-0.15, -0.1) is 0 Å². The van der Waals surface area contributed by atoms with Crippen LogP contribution in [-0.4, -0.2) is 16.2 Å². The number of rotatable bonds is 3. The Morgan fingerprint density at radius 3 is 3.00 bits per heavy atom. The maximum Gasteiger partial charge on any atom is 0.221 e. The first-order valence-electron chi connectivity index (χ1n) is 6.84. The van der Waals surface area contributed by atoms with Gasteiger partial charge in [-0.2, -0.15) is 4.98 Å². The van der Waals surface area contributed by atoms with Gasteiger partial charge in [-0.1, -0.05) is 0 Å². The van der Waals surface area contributed by atoms with E-state index in [1.54, 1.807) is 24.8 Å². The van der Waals surface area contributed by atoms with Crippen LogP contribution in [0.25, 0.3) is 11.1 Å². The minimum Gasteiger partial charge on any atom is -0.472 e. The molecule has 0 aliphatic carbocycles. The molecule has 6 nitrogen and oxygen atoms in total. The quantitative estimate of drug-likeness (QED) is 0.774. The van der Waals surface area contributed by atoms with Crippen molar-refractivity contribution in [3.63, 3.8) is 0 Å². The zero-order valence-electron chi connectivity index (χ0n) is 11.7. The number of nitrogen functional groups attached to an aromatic ring is 1. The van der Waals surface area contributed by atoms with Crippen LogP contribution in [0.2, 0.25) is 0 Å². The minimum absolute atomic E-state index is 0.239. The third kappa shape index (κ3) is 2.20. The summed E-state index contributed by atoms with van der Waals surface area (Å²) in [5.41, 5.74) is 11.0. The van der Waals surface area contributed by atoms with Crippen molar-refractivity contribution in [2.24, 2.45) is 4.99 Å². The number of anilines is 3. The van der Waals surface area contributed by atoms with E-state index in [9.17, 15) is 0 Å². The molecular weight excluding hydrogens is 278 g/mol. The van der Waals surface area contributed by atoms with E-state index in [0.717, 1.165) is 22.4 Å². The fraction of sp³-hybridized carbons (Fsp3) is 0.0625. The maximum absolute atomic E-state index is 5.61. The number of hydrogen-bond acceptors (Lipinski definition) is 6. The Balaban J connectivity index is 1.77. The Hall–Kier alpha value is -3.15. The molecule has 0 saturated carbocycles. The van der Waals surface area contributed by atoms with Crippen LogP contribution in [0.5, 0.6) is 0 Å². The van der Waals surface area contributed by atoms with Crippen LogP contribution < -0.4 is 11.1 Å². The van der Waals surface area contributed by atoms with E-state index in [-0.39, 0.29) is 5.95 Å². The highest BCUT2D eigenvalue weighted by molar-refractivity contribution is 5.91. The van der Waals surface area contributed by atoms with Crippen molar-refractivity contribution in [3.05, 3.63) is 54.1 Å². The van der Waals surface area contributed by atoms with Gasteiger partial charge in [0.2, 0.25) is 5.95 Å². The van der Waals surface area contributed by atoms with E-state index in [0.29, 0.717) is 12.4 Å². The summed E-state index contributed by atoms with van der Waals surface area (Å²) in [5.74, 6) is 0.892. The highest BCUT2D eigenvalue weighted by Crippen LogP contribution is 2.33. The number of aromatic nitrogens is 2. The second kappa shape index (κ2) is 5.00. The largest absolute Gasteiger partial charge is 0.472 e. The summed E-state index contributed by atoms with van der Waals surface area (Å²) in [6.07, 6.45) is 6.91. The second-order valence-electron chi connectivity index (χ2n) is 5.00. The van der Waals surface area contributed by atoms with E-state index in [1.807, 2.05) is 18.3 Å². The number of nitrogens with one attached hydrogen (secondary N) is 1. The molecule has 3 N–H and O–H groups in total. The summed E-state index contributed by atoms with van der Waals surface area (Å²) in [6.45, 7) is 0.691. The number of nitrogens with two attached hydrogens (primary N) is 1. The molecule has 1 aromatic carbocycles. The van der Waals surface area contributed by atoms with Crippen molar-refractivity contribution in [2.45, 2.75) is 6.54 Å². The highest BCUT2D eigenvalue weighted by atomic mass is 16.3. The lowest BCUT2D eigenvalue weighted by Crippen LogP contribution is -2.00. The zero-order chi connectivity index (χ0) is 14.9. The molecule has 3 aromatic rings. The van der Waals surface area contributed by atoms with Crippen LogP contribution in [0, 0.1) is 0 Å². The van der Waals surface area contributed by atoms with Crippen LogP contribution in [0.4, 0.5) is 17.5 Å². The minimum atomic E-state index is 0.239. The van der Waals surface area contributed by atoms with Gasteiger partial charge in [-0.25, -0.2) is 4.98 Å². The van der Waals surface area contributed by atoms with E-state index in [2.05, 4.69) is 26.3 Å². The number of nitrogens with zero attached hydrogens (tertiary/aromatic N) is 3. The van der Waals surface area contributed by atoms with Gasteiger partial charge in [0.25, 0.3) is 0 Å². The predicted octanol–water partition coefficient (Wildman–Crippen LogP) is 2.99. The molecule has 0 saturated heterocycles. The van der Waals surface area contributed by atoms with Gasteiger partial charge in [0.15, 0.2) is 0 Å². The first-order chi connectivity index (χ1) is 10.8. The molecule has 3 heterocycles. The highest BCUT2D eigenvalue weighted by Gasteiger charge is 2.15. The van der Waals surface area contributed by atoms with Crippen LogP contribution >= 0.6 is 0 Å². The first kappa shape index (κ1) is 12.6. The molecule has 22 heavy (non-hydrogen) atoms. The van der Waals surface area contributed by atoms with Gasteiger partial charge in [0, 0.05) is 29.2 Å². The number of aliphatic imine (C=N–C) groups is 1. The van der Waals surface area contributed by atoms with Crippen molar-refractivity contribution in [1.82, 2.24) is 9.97 Å². The number of fused-ring (bicyclic) bond motifs is 1. The normalized spacial score (nSPS) is 12.4. The molecule has 0 spiro atoms. The zero-order valence-corrected chi connectivity index (χ0v) is 11.7. The standard InChI is InChI=1S/C16H13N5O/c17-16-19-3-1-15(21-16)20-12-5-11-7-18-8-14(11)13(6-12)10-2-4-22-9-10/h1-7,9H,8H2,(H3,17,19,20,21). The van der Waals surface area contributed by atoms with Gasteiger partial charge in [-0.3, -0.25) is 4.99 Å². The molecule has 4 rings (SSSR count). The summed E-state index contributed by atoms with van der Waals surface area (Å²) in [7, 11) is 0. The van der Waals surface area contributed by atoms with Crippen molar-refractivity contribution in [1.29, 1.82) is 0 Å². The molecule has 6 heteroatoms. The summed E-state index contributed by atoms with van der Waals surface area (Å²) in [4.78, 5) is 12.4. The lowest BCUT2D eigenvalue weighted by molar-refractivity contribution is 0.568. The summed E-state index contributed by atoms with van der Waals surface area (Å²) in [5, 5.41) is 3.25. The van der Waals surface area contributed by atoms with Gasteiger partial charge in [-0.05, 0) is 35.4 Å². The molecule has 0 bridgehead atoms. The van der Waals surface area contributed by atoms with Gasteiger partial charge in [0.1, 0.15) is 5.82 Å². The number of hydrogen-bond donors (Lipinski definition) is 2. The van der Waals surface area contributed by atoms with Crippen molar-refractivity contribution < 1.29 is 4.42 Å². The summed E-state index contributed by atoms with van der Waals surface area (Å²) < 4.78 is 5.20. The van der Waals surface area contributed by atoms with Crippen molar-refractivity contribution in [3.8, 4) is 11.1 Å². The molecule has 2 aromatic heterocycles. The van der Waals surface area contributed by atoms with Crippen LogP contribution in [0.3, 0.4) is 0 Å². The second-order valence-corrected chi connectivity index (χ2v) is 5.00. The maximum atomic E-state index is 5.61. The van der Waals surface area contributed by atoms with E-state index >= 15 is 0 Å². The average Bonchev–Trinajstić information content (AvgIpc) is 3.18. The van der Waals surface area contributed by atoms with Crippen molar-refractivity contribution in [2.75, 3.05) is 11.1 Å². The van der Waals surface area contributed by atoms with Crippen molar-refractivity contribution >= 4 is 23.7 Å². The molecular formula is C16H13N5O. The topological polar surface area (TPSA) is 89.3 Å².